The minimum Gasteiger partial charge on any atom is -0.390 e. The van der Waals surface area contributed by atoms with Crippen LogP contribution in [0, 0.1) is 6.92 Å². The van der Waals surface area contributed by atoms with Gasteiger partial charge in [0.05, 0.1) is 6.10 Å². The van der Waals surface area contributed by atoms with Crippen LogP contribution in [-0.4, -0.2) is 83.7 Å². The number of hydrogen-bond acceptors (Lipinski definition) is 4. The highest BCUT2D eigenvalue weighted by Crippen LogP contribution is 2.21. The number of amides is 1. The zero-order chi connectivity index (χ0) is 20.9. The smallest absolute Gasteiger partial charge is 0.253 e. The van der Waals surface area contributed by atoms with Crippen molar-refractivity contribution in [1.82, 2.24) is 14.7 Å². The first-order valence-corrected chi connectivity index (χ1v) is 11.1. The minimum atomic E-state index is -0.482. The molecule has 0 radical (unpaired) electrons. The van der Waals surface area contributed by atoms with E-state index in [0.717, 1.165) is 51.1 Å². The lowest BCUT2D eigenvalue weighted by atomic mass is 9.98. The molecule has 2 saturated heterocycles. The van der Waals surface area contributed by atoms with E-state index in [2.05, 4.69) is 40.1 Å². The average molecular weight is 408 g/mol. The summed E-state index contributed by atoms with van der Waals surface area (Å²) in [5, 5.41) is 10.8. The van der Waals surface area contributed by atoms with Gasteiger partial charge in [0.2, 0.25) is 0 Å². The van der Waals surface area contributed by atoms with E-state index in [1.165, 1.54) is 5.56 Å². The van der Waals surface area contributed by atoms with Gasteiger partial charge in [0.1, 0.15) is 0 Å². The van der Waals surface area contributed by atoms with Crippen LogP contribution in [0.4, 0.5) is 0 Å². The number of hydrogen-bond donors (Lipinski definition) is 1. The van der Waals surface area contributed by atoms with Gasteiger partial charge in [0.15, 0.2) is 0 Å². The molecule has 0 aromatic heterocycles. The zero-order valence-electron chi connectivity index (χ0n) is 17.9. The molecule has 4 rings (SSSR count). The molecule has 160 valence electrons. The van der Waals surface area contributed by atoms with Crippen LogP contribution in [0.3, 0.4) is 0 Å². The van der Waals surface area contributed by atoms with Gasteiger partial charge in [0.25, 0.3) is 5.91 Å². The third kappa shape index (κ3) is 5.09. The predicted molar refractivity (Wildman–Crippen MR) is 120 cm³/mol. The van der Waals surface area contributed by atoms with Crippen molar-refractivity contribution in [2.75, 3.05) is 45.8 Å². The highest BCUT2D eigenvalue weighted by Gasteiger charge is 2.35. The second-order valence-electron chi connectivity index (χ2n) is 8.65. The van der Waals surface area contributed by atoms with Crippen LogP contribution < -0.4 is 0 Å². The Labute approximate surface area is 179 Å². The standard InChI is InChI=1S/C25H33N3O2/c1-20-7-9-22(10-8-20)25(30)28-14-12-23(24(29)19-28)27-17-15-26(16-18-27)13-11-21-5-3-2-4-6-21/h2-10,23-24,29H,11-19H2,1H3/t23-,24-/m0/s1. The normalized spacial score (nSPS) is 23.5. The molecule has 2 aromatic rings. The highest BCUT2D eigenvalue weighted by molar-refractivity contribution is 5.94. The van der Waals surface area contributed by atoms with Crippen LogP contribution in [0.25, 0.3) is 0 Å². The van der Waals surface area contributed by atoms with Crippen molar-refractivity contribution < 1.29 is 9.90 Å². The van der Waals surface area contributed by atoms with Gasteiger partial charge in [0, 0.05) is 57.4 Å². The molecule has 5 heteroatoms. The Morgan fingerprint density at radius 3 is 2.33 bits per heavy atom. The van der Waals surface area contributed by atoms with Gasteiger partial charge in [-0.1, -0.05) is 48.0 Å². The van der Waals surface area contributed by atoms with Crippen LogP contribution in [0.15, 0.2) is 54.6 Å². The third-order valence-corrected chi connectivity index (χ3v) is 6.57. The molecule has 2 atom stereocenters. The van der Waals surface area contributed by atoms with Gasteiger partial charge in [-0.25, -0.2) is 0 Å². The quantitative estimate of drug-likeness (QED) is 0.827. The van der Waals surface area contributed by atoms with Gasteiger partial charge in [-0.2, -0.15) is 0 Å². The van der Waals surface area contributed by atoms with E-state index in [4.69, 9.17) is 0 Å². The summed E-state index contributed by atoms with van der Waals surface area (Å²) in [5.74, 6) is 0.0261. The fourth-order valence-electron chi connectivity index (χ4n) is 4.66. The molecule has 0 aliphatic carbocycles. The summed E-state index contributed by atoms with van der Waals surface area (Å²) < 4.78 is 0. The van der Waals surface area contributed by atoms with Crippen LogP contribution >= 0.6 is 0 Å². The summed E-state index contributed by atoms with van der Waals surface area (Å²) in [5.41, 5.74) is 3.24. The fourth-order valence-corrected chi connectivity index (χ4v) is 4.66. The molecule has 2 aromatic carbocycles. The Morgan fingerprint density at radius 2 is 1.67 bits per heavy atom. The van der Waals surface area contributed by atoms with E-state index in [9.17, 15) is 9.90 Å². The number of piperazine rings is 1. The van der Waals surface area contributed by atoms with Crippen LogP contribution in [0.2, 0.25) is 0 Å². The lowest BCUT2D eigenvalue weighted by molar-refractivity contribution is -0.0241. The second kappa shape index (κ2) is 9.73. The molecular formula is C25H33N3O2. The van der Waals surface area contributed by atoms with Gasteiger partial charge in [-0.3, -0.25) is 9.69 Å². The van der Waals surface area contributed by atoms with Crippen molar-refractivity contribution in [2.45, 2.75) is 31.9 Å². The maximum Gasteiger partial charge on any atom is 0.253 e. The van der Waals surface area contributed by atoms with Crippen molar-refractivity contribution in [2.24, 2.45) is 0 Å². The first-order valence-electron chi connectivity index (χ1n) is 11.1. The summed E-state index contributed by atoms with van der Waals surface area (Å²) in [4.78, 5) is 19.5. The Kier molecular flexibility index (Phi) is 6.82. The SMILES string of the molecule is Cc1ccc(C(=O)N2CC[C@H](N3CCN(CCc4ccccc4)CC3)[C@@H](O)C2)cc1. The number of β-amino-alcohol motifs (C(OH)–C–C–N with tert-alkyl or cyclic N) is 1. The number of piperidine rings is 1. The number of benzene rings is 2. The van der Waals surface area contributed by atoms with Gasteiger partial charge in [-0.15, -0.1) is 0 Å². The topological polar surface area (TPSA) is 47.0 Å². The molecule has 30 heavy (non-hydrogen) atoms. The second-order valence-corrected chi connectivity index (χ2v) is 8.65. The number of nitrogens with zero attached hydrogens (tertiary/aromatic N) is 3. The van der Waals surface area contributed by atoms with E-state index < -0.39 is 6.10 Å². The molecule has 2 heterocycles. The highest BCUT2D eigenvalue weighted by atomic mass is 16.3. The van der Waals surface area contributed by atoms with E-state index in [-0.39, 0.29) is 11.9 Å². The van der Waals surface area contributed by atoms with Gasteiger partial charge in [-0.05, 0) is 37.5 Å². The summed E-state index contributed by atoms with van der Waals surface area (Å²) in [7, 11) is 0. The molecular weight excluding hydrogens is 374 g/mol. The number of aliphatic hydroxyl groups is 1. The van der Waals surface area contributed by atoms with E-state index >= 15 is 0 Å². The van der Waals surface area contributed by atoms with Crippen molar-refractivity contribution in [3.05, 3.63) is 71.3 Å². The average Bonchev–Trinajstić information content (AvgIpc) is 2.79. The molecule has 0 unspecified atom stereocenters. The largest absolute Gasteiger partial charge is 0.390 e. The molecule has 1 N–H and O–H groups in total. The number of aryl methyl sites for hydroxylation is 1. The van der Waals surface area contributed by atoms with E-state index in [0.29, 0.717) is 18.7 Å². The van der Waals surface area contributed by atoms with Crippen LogP contribution in [0.5, 0.6) is 0 Å². The molecule has 0 bridgehead atoms. The van der Waals surface area contributed by atoms with E-state index in [1.54, 1.807) is 0 Å². The lowest BCUT2D eigenvalue weighted by Crippen LogP contribution is -2.59. The summed E-state index contributed by atoms with van der Waals surface area (Å²) in [6.45, 7) is 8.30. The molecule has 5 nitrogen and oxygen atoms in total. The number of carbonyl (C=O) groups is 1. The molecule has 2 aliphatic heterocycles. The first-order chi connectivity index (χ1) is 14.6. The maximum absolute atomic E-state index is 12.8. The van der Waals surface area contributed by atoms with Crippen LogP contribution in [0.1, 0.15) is 27.9 Å². The van der Waals surface area contributed by atoms with Crippen molar-refractivity contribution in [1.29, 1.82) is 0 Å². The zero-order valence-corrected chi connectivity index (χ0v) is 17.9. The van der Waals surface area contributed by atoms with Gasteiger partial charge < -0.3 is 14.9 Å². The number of aliphatic hydroxyl groups excluding tert-OH is 1. The molecule has 2 fully saturated rings. The monoisotopic (exact) mass is 407 g/mol. The first kappa shape index (κ1) is 21.0. The van der Waals surface area contributed by atoms with Crippen molar-refractivity contribution in [3.63, 3.8) is 0 Å². The predicted octanol–water partition coefficient (Wildman–Crippen LogP) is 2.43. The fraction of sp³-hybridized carbons (Fsp3) is 0.480. The third-order valence-electron chi connectivity index (χ3n) is 6.57. The van der Waals surface area contributed by atoms with Crippen LogP contribution in [-0.2, 0) is 6.42 Å². The van der Waals surface area contributed by atoms with Crippen molar-refractivity contribution >= 4 is 5.91 Å². The summed E-state index contributed by atoms with van der Waals surface area (Å²) in [6, 6.07) is 18.5. The maximum atomic E-state index is 12.8. The molecule has 0 spiro atoms. The molecule has 1 amide bonds. The number of carbonyl (C=O) groups excluding carboxylic acids is 1. The Morgan fingerprint density at radius 1 is 0.967 bits per heavy atom. The Bertz CT molecular complexity index is 816. The molecule has 0 saturated carbocycles. The molecule has 2 aliphatic rings. The summed E-state index contributed by atoms with van der Waals surface area (Å²) in [6.07, 6.45) is 1.44. The lowest BCUT2D eigenvalue weighted by Gasteiger charge is -2.45. The Balaban J connectivity index is 1.24. The minimum absolute atomic E-state index is 0.0261. The van der Waals surface area contributed by atoms with Crippen molar-refractivity contribution in [3.8, 4) is 0 Å². The van der Waals surface area contributed by atoms with E-state index in [1.807, 2.05) is 36.1 Å². The van der Waals surface area contributed by atoms with Gasteiger partial charge >= 0.3 is 0 Å². The number of rotatable bonds is 5. The number of likely N-dealkylation sites (tertiary alicyclic amines) is 1. The summed E-state index contributed by atoms with van der Waals surface area (Å²) >= 11 is 0. The Hall–Kier alpha value is -2.21.